The molecule has 0 amide bonds. The number of benzene rings is 2. The van der Waals surface area contributed by atoms with Crippen LogP contribution >= 0.6 is 15.9 Å². The Bertz CT molecular complexity index is 540. The van der Waals surface area contributed by atoms with Crippen LogP contribution in [0.25, 0.3) is 0 Å². The SMILES string of the molecule is CNCc1ccc(Oc2ccccc2C)c(Br)c1. The molecule has 2 rings (SSSR count). The molecule has 0 unspecified atom stereocenters. The molecule has 0 aromatic heterocycles. The van der Waals surface area contributed by atoms with Crippen molar-refractivity contribution in [3.05, 3.63) is 58.1 Å². The summed E-state index contributed by atoms with van der Waals surface area (Å²) in [5.74, 6) is 1.73. The molecule has 0 radical (unpaired) electrons. The van der Waals surface area contributed by atoms with Crippen LogP contribution in [0, 0.1) is 6.92 Å². The molecule has 0 aliphatic heterocycles. The topological polar surface area (TPSA) is 21.3 Å². The van der Waals surface area contributed by atoms with E-state index in [2.05, 4.69) is 33.4 Å². The first-order valence-electron chi connectivity index (χ1n) is 5.87. The minimum absolute atomic E-state index is 0.837. The van der Waals surface area contributed by atoms with Crippen molar-refractivity contribution < 1.29 is 4.74 Å². The van der Waals surface area contributed by atoms with E-state index >= 15 is 0 Å². The number of rotatable bonds is 4. The Labute approximate surface area is 116 Å². The summed E-state index contributed by atoms with van der Waals surface area (Å²) in [6.07, 6.45) is 0. The quantitative estimate of drug-likeness (QED) is 0.911. The Kier molecular flexibility index (Phi) is 4.39. The number of halogens is 1. The predicted octanol–water partition coefficient (Wildman–Crippen LogP) is 4.27. The molecule has 0 bridgehead atoms. The van der Waals surface area contributed by atoms with Gasteiger partial charge in [-0.2, -0.15) is 0 Å². The fourth-order valence-electron chi connectivity index (χ4n) is 1.73. The van der Waals surface area contributed by atoms with Crippen LogP contribution in [0.4, 0.5) is 0 Å². The van der Waals surface area contributed by atoms with Gasteiger partial charge in [0.15, 0.2) is 0 Å². The molecular weight excluding hydrogens is 290 g/mol. The Balaban J connectivity index is 2.22. The number of para-hydroxylation sites is 1. The third kappa shape index (κ3) is 3.12. The number of hydrogen-bond acceptors (Lipinski definition) is 2. The van der Waals surface area contributed by atoms with Crippen molar-refractivity contribution in [1.29, 1.82) is 0 Å². The second kappa shape index (κ2) is 6.03. The van der Waals surface area contributed by atoms with E-state index in [9.17, 15) is 0 Å². The average molecular weight is 306 g/mol. The smallest absolute Gasteiger partial charge is 0.141 e. The summed E-state index contributed by atoms with van der Waals surface area (Å²) in [5, 5.41) is 3.13. The molecule has 94 valence electrons. The first-order valence-corrected chi connectivity index (χ1v) is 6.66. The molecule has 0 fully saturated rings. The van der Waals surface area contributed by atoms with Crippen LogP contribution in [-0.4, -0.2) is 7.05 Å². The number of nitrogens with one attached hydrogen (secondary N) is 1. The van der Waals surface area contributed by atoms with Crippen molar-refractivity contribution in [2.45, 2.75) is 13.5 Å². The highest BCUT2D eigenvalue weighted by Crippen LogP contribution is 2.31. The maximum absolute atomic E-state index is 5.91. The van der Waals surface area contributed by atoms with Gasteiger partial charge in [0.2, 0.25) is 0 Å². The molecule has 2 aromatic rings. The number of hydrogen-bond donors (Lipinski definition) is 1. The molecule has 1 N–H and O–H groups in total. The van der Waals surface area contributed by atoms with Gasteiger partial charge in [0.1, 0.15) is 11.5 Å². The van der Waals surface area contributed by atoms with Gasteiger partial charge in [0, 0.05) is 6.54 Å². The highest BCUT2D eigenvalue weighted by Gasteiger charge is 2.05. The van der Waals surface area contributed by atoms with Crippen molar-refractivity contribution in [3.8, 4) is 11.5 Å². The first-order chi connectivity index (χ1) is 8.70. The minimum Gasteiger partial charge on any atom is -0.456 e. The van der Waals surface area contributed by atoms with Gasteiger partial charge in [-0.1, -0.05) is 24.3 Å². The molecular formula is C15H16BrNO. The molecule has 0 atom stereocenters. The zero-order chi connectivity index (χ0) is 13.0. The highest BCUT2D eigenvalue weighted by atomic mass is 79.9. The molecule has 0 saturated heterocycles. The van der Waals surface area contributed by atoms with Gasteiger partial charge in [-0.15, -0.1) is 0 Å². The van der Waals surface area contributed by atoms with Crippen LogP contribution in [0.5, 0.6) is 11.5 Å². The van der Waals surface area contributed by atoms with Crippen LogP contribution in [0.1, 0.15) is 11.1 Å². The van der Waals surface area contributed by atoms with Crippen molar-refractivity contribution >= 4 is 15.9 Å². The maximum atomic E-state index is 5.91. The van der Waals surface area contributed by atoms with Crippen LogP contribution in [0.2, 0.25) is 0 Å². The second-order valence-corrected chi connectivity index (χ2v) is 5.02. The summed E-state index contributed by atoms with van der Waals surface area (Å²) in [5.41, 5.74) is 2.35. The molecule has 2 nitrogen and oxygen atoms in total. The molecule has 0 aliphatic carbocycles. The van der Waals surface area contributed by atoms with Crippen molar-refractivity contribution in [2.75, 3.05) is 7.05 Å². The van der Waals surface area contributed by atoms with Gasteiger partial charge in [-0.3, -0.25) is 0 Å². The summed E-state index contributed by atoms with van der Waals surface area (Å²) in [6, 6.07) is 14.1. The third-order valence-electron chi connectivity index (χ3n) is 2.69. The first kappa shape index (κ1) is 13.1. The van der Waals surface area contributed by atoms with Gasteiger partial charge in [-0.25, -0.2) is 0 Å². The fraction of sp³-hybridized carbons (Fsp3) is 0.200. The lowest BCUT2D eigenvalue weighted by atomic mass is 10.2. The molecule has 0 heterocycles. The lowest BCUT2D eigenvalue weighted by molar-refractivity contribution is 0.475. The molecule has 3 heteroatoms. The molecule has 18 heavy (non-hydrogen) atoms. The molecule has 0 saturated carbocycles. The van der Waals surface area contributed by atoms with E-state index in [1.807, 2.05) is 44.3 Å². The lowest BCUT2D eigenvalue weighted by Gasteiger charge is -2.11. The van der Waals surface area contributed by atoms with Gasteiger partial charge in [0.05, 0.1) is 4.47 Å². The van der Waals surface area contributed by atoms with Gasteiger partial charge >= 0.3 is 0 Å². The highest BCUT2D eigenvalue weighted by molar-refractivity contribution is 9.10. The zero-order valence-corrected chi connectivity index (χ0v) is 12.1. The van der Waals surface area contributed by atoms with Crippen LogP contribution in [0.3, 0.4) is 0 Å². The number of aryl methyl sites for hydroxylation is 1. The second-order valence-electron chi connectivity index (χ2n) is 4.16. The largest absolute Gasteiger partial charge is 0.456 e. The standard InChI is InChI=1S/C15H16BrNO/c1-11-5-3-4-6-14(11)18-15-8-7-12(10-17-2)9-13(15)16/h3-9,17H,10H2,1-2H3. The third-order valence-corrected chi connectivity index (χ3v) is 3.31. The van der Waals surface area contributed by atoms with E-state index in [-0.39, 0.29) is 0 Å². The summed E-state index contributed by atoms with van der Waals surface area (Å²) in [6.45, 7) is 2.89. The van der Waals surface area contributed by atoms with Crippen LogP contribution < -0.4 is 10.1 Å². The van der Waals surface area contributed by atoms with Gasteiger partial charge < -0.3 is 10.1 Å². The van der Waals surface area contributed by atoms with Gasteiger partial charge in [0.25, 0.3) is 0 Å². The maximum Gasteiger partial charge on any atom is 0.141 e. The molecule has 0 aliphatic rings. The van der Waals surface area contributed by atoms with Crippen molar-refractivity contribution in [3.63, 3.8) is 0 Å². The van der Waals surface area contributed by atoms with E-state index in [1.54, 1.807) is 0 Å². The van der Waals surface area contributed by atoms with Crippen molar-refractivity contribution in [1.82, 2.24) is 5.32 Å². The van der Waals surface area contributed by atoms with E-state index in [0.717, 1.165) is 28.1 Å². The molecule has 2 aromatic carbocycles. The van der Waals surface area contributed by atoms with E-state index in [4.69, 9.17) is 4.74 Å². The summed E-state index contributed by atoms with van der Waals surface area (Å²) >= 11 is 3.55. The Morgan fingerprint density at radius 3 is 2.56 bits per heavy atom. The Morgan fingerprint density at radius 2 is 1.89 bits per heavy atom. The number of ether oxygens (including phenoxy) is 1. The van der Waals surface area contributed by atoms with Crippen molar-refractivity contribution in [2.24, 2.45) is 0 Å². The Hall–Kier alpha value is -1.32. The zero-order valence-electron chi connectivity index (χ0n) is 10.5. The normalized spacial score (nSPS) is 10.4. The van der Waals surface area contributed by atoms with Crippen LogP contribution in [0.15, 0.2) is 46.9 Å². The average Bonchev–Trinajstić information content (AvgIpc) is 2.35. The monoisotopic (exact) mass is 305 g/mol. The molecule has 0 spiro atoms. The van der Waals surface area contributed by atoms with E-state index < -0.39 is 0 Å². The van der Waals surface area contributed by atoms with Crippen LogP contribution in [-0.2, 0) is 6.54 Å². The lowest BCUT2D eigenvalue weighted by Crippen LogP contribution is -2.04. The summed E-state index contributed by atoms with van der Waals surface area (Å²) < 4.78 is 6.88. The predicted molar refractivity (Wildman–Crippen MR) is 78.2 cm³/mol. The van der Waals surface area contributed by atoms with E-state index in [0.29, 0.717) is 0 Å². The fourth-order valence-corrected chi connectivity index (χ4v) is 2.24. The van der Waals surface area contributed by atoms with E-state index in [1.165, 1.54) is 5.56 Å². The summed E-state index contributed by atoms with van der Waals surface area (Å²) in [7, 11) is 1.94. The summed E-state index contributed by atoms with van der Waals surface area (Å²) in [4.78, 5) is 0. The Morgan fingerprint density at radius 1 is 1.11 bits per heavy atom. The van der Waals surface area contributed by atoms with Gasteiger partial charge in [-0.05, 0) is 59.2 Å². The minimum atomic E-state index is 0.837.